The first kappa shape index (κ1) is 14.6. The molecule has 0 bridgehead atoms. The van der Waals surface area contributed by atoms with Crippen molar-refractivity contribution in [3.05, 3.63) is 91.0 Å². The minimum absolute atomic E-state index is 0. The summed E-state index contributed by atoms with van der Waals surface area (Å²) in [6.07, 6.45) is 0. The third-order valence-corrected chi connectivity index (χ3v) is 8.92. The van der Waals surface area contributed by atoms with Crippen molar-refractivity contribution in [2.24, 2.45) is 0 Å². The number of hydrogen-bond donors (Lipinski definition) is 0. The normalized spacial score (nSPS) is 10.1. The summed E-state index contributed by atoms with van der Waals surface area (Å²) in [5.41, 5.74) is 0. The molecule has 0 amide bonds. The van der Waals surface area contributed by atoms with Crippen molar-refractivity contribution in [3.8, 4) is 0 Å². The van der Waals surface area contributed by atoms with Crippen molar-refractivity contribution in [1.29, 1.82) is 0 Å². The average molecular weight is 321 g/mol. The van der Waals surface area contributed by atoms with Crippen LogP contribution >= 0.6 is 0 Å². The van der Waals surface area contributed by atoms with Gasteiger partial charge in [0.1, 0.15) is 0 Å². The van der Waals surface area contributed by atoms with Gasteiger partial charge in [-0.25, -0.2) is 0 Å². The molecule has 3 aromatic rings. The topological polar surface area (TPSA) is 30.0 Å². The monoisotopic (exact) mass is 322 g/mol. The van der Waals surface area contributed by atoms with Gasteiger partial charge >= 0.3 is 119 Å². The van der Waals surface area contributed by atoms with E-state index in [1.54, 1.807) is 0 Å². The van der Waals surface area contributed by atoms with E-state index in [9.17, 15) is 0 Å². The van der Waals surface area contributed by atoms with Gasteiger partial charge in [-0.3, -0.25) is 0 Å². The van der Waals surface area contributed by atoms with Crippen LogP contribution in [-0.2, 0) is 0 Å². The van der Waals surface area contributed by atoms with E-state index in [-0.39, 0.29) is 5.48 Å². The Balaban J connectivity index is 0.00000147. The SMILES string of the molecule is [OH-].c1cc[c]([Ge]([c]2ccccc2)[c]2ccccc2)cc1. The van der Waals surface area contributed by atoms with Crippen LogP contribution in [0.3, 0.4) is 0 Å². The van der Waals surface area contributed by atoms with Crippen molar-refractivity contribution in [3.63, 3.8) is 0 Å². The molecule has 0 unspecified atom stereocenters. The van der Waals surface area contributed by atoms with Crippen LogP contribution in [-0.4, -0.2) is 19.8 Å². The molecule has 0 atom stereocenters. The van der Waals surface area contributed by atoms with Gasteiger partial charge in [-0.1, -0.05) is 0 Å². The molecule has 99 valence electrons. The Bertz CT molecular complexity index is 529. The molecule has 0 saturated carbocycles. The van der Waals surface area contributed by atoms with Crippen LogP contribution in [0.25, 0.3) is 0 Å². The molecule has 1 nitrogen and oxygen atoms in total. The molecule has 1 radical (unpaired) electrons. The number of rotatable bonds is 3. The molecule has 3 rings (SSSR count). The van der Waals surface area contributed by atoms with Gasteiger partial charge in [0, 0.05) is 0 Å². The van der Waals surface area contributed by atoms with Crippen molar-refractivity contribution in [1.82, 2.24) is 0 Å². The van der Waals surface area contributed by atoms with E-state index in [1.165, 1.54) is 13.2 Å². The third kappa shape index (κ3) is 3.18. The van der Waals surface area contributed by atoms with Gasteiger partial charge in [0.15, 0.2) is 0 Å². The molecule has 0 spiro atoms. The zero-order valence-electron chi connectivity index (χ0n) is 11.1. The molecule has 3 aromatic carbocycles. The van der Waals surface area contributed by atoms with Crippen LogP contribution in [0.1, 0.15) is 0 Å². The molecule has 2 heteroatoms. The maximum atomic E-state index is 2.27. The second-order valence-corrected chi connectivity index (χ2v) is 9.68. The maximum absolute atomic E-state index is 2.27. The van der Waals surface area contributed by atoms with Crippen molar-refractivity contribution in [2.75, 3.05) is 0 Å². The van der Waals surface area contributed by atoms with Crippen molar-refractivity contribution >= 4 is 27.5 Å². The van der Waals surface area contributed by atoms with Crippen LogP contribution in [0.15, 0.2) is 91.0 Å². The van der Waals surface area contributed by atoms with E-state index in [1.807, 2.05) is 0 Å². The molecule has 1 N–H and O–H groups in total. The molecule has 0 aromatic heterocycles. The molecular formula is C18H16GeO-. The van der Waals surface area contributed by atoms with E-state index in [0.29, 0.717) is 0 Å². The summed E-state index contributed by atoms with van der Waals surface area (Å²) in [4.78, 5) is 0. The number of benzene rings is 3. The van der Waals surface area contributed by atoms with E-state index < -0.39 is 14.3 Å². The molecule has 0 heterocycles. The fraction of sp³-hybridized carbons (Fsp3) is 0. The molecular weight excluding hydrogens is 305 g/mol. The Morgan fingerprint density at radius 1 is 0.400 bits per heavy atom. The summed E-state index contributed by atoms with van der Waals surface area (Å²) in [5, 5.41) is 0. The van der Waals surface area contributed by atoms with Crippen molar-refractivity contribution in [2.45, 2.75) is 0 Å². The molecule has 20 heavy (non-hydrogen) atoms. The fourth-order valence-electron chi connectivity index (χ4n) is 2.31. The zero-order valence-corrected chi connectivity index (χ0v) is 13.2. The second kappa shape index (κ2) is 7.08. The van der Waals surface area contributed by atoms with E-state index >= 15 is 0 Å². The minimum atomic E-state index is -1.63. The molecule has 0 saturated heterocycles. The number of hydrogen-bond acceptors (Lipinski definition) is 1. The molecule has 0 fully saturated rings. The Hall–Kier alpha value is -1.84. The van der Waals surface area contributed by atoms with Crippen LogP contribution in [0, 0.1) is 0 Å². The van der Waals surface area contributed by atoms with Crippen molar-refractivity contribution < 1.29 is 5.48 Å². The Labute approximate surface area is 124 Å². The van der Waals surface area contributed by atoms with Crippen LogP contribution in [0.2, 0.25) is 0 Å². The summed E-state index contributed by atoms with van der Waals surface area (Å²) < 4.78 is 4.50. The van der Waals surface area contributed by atoms with E-state index in [4.69, 9.17) is 0 Å². The predicted molar refractivity (Wildman–Crippen MR) is 85.9 cm³/mol. The Kier molecular flexibility index (Phi) is 5.16. The third-order valence-electron chi connectivity index (χ3n) is 3.19. The van der Waals surface area contributed by atoms with Crippen LogP contribution < -0.4 is 13.2 Å². The first-order valence-electron chi connectivity index (χ1n) is 6.48. The van der Waals surface area contributed by atoms with Crippen LogP contribution in [0.4, 0.5) is 0 Å². The molecule has 0 aliphatic carbocycles. The summed E-state index contributed by atoms with van der Waals surface area (Å²) in [6, 6.07) is 32.8. The fourth-order valence-corrected chi connectivity index (χ4v) is 7.72. The average Bonchev–Trinajstić information content (AvgIpc) is 2.51. The Morgan fingerprint density at radius 3 is 0.900 bits per heavy atom. The predicted octanol–water partition coefficient (Wildman–Crippen LogP) is 2.03. The summed E-state index contributed by atoms with van der Waals surface area (Å²) in [7, 11) is 0. The Morgan fingerprint density at radius 2 is 0.650 bits per heavy atom. The van der Waals surface area contributed by atoms with Gasteiger partial charge in [0.25, 0.3) is 0 Å². The van der Waals surface area contributed by atoms with Gasteiger partial charge in [0.2, 0.25) is 0 Å². The molecule has 0 aliphatic rings. The van der Waals surface area contributed by atoms with Gasteiger partial charge in [-0.15, -0.1) is 0 Å². The summed E-state index contributed by atoms with van der Waals surface area (Å²) >= 11 is -1.63. The first-order chi connectivity index (χ1) is 9.45. The van der Waals surface area contributed by atoms with E-state index in [0.717, 1.165) is 0 Å². The van der Waals surface area contributed by atoms with Gasteiger partial charge in [0.05, 0.1) is 0 Å². The second-order valence-electron chi connectivity index (χ2n) is 4.47. The standard InChI is InChI=1S/C18H15Ge.H2O/c1-4-10-16(11-5-1)19(17-12-6-2-7-13-17)18-14-8-3-9-15-18;/h1-15H;1H2/p-1. The molecule has 0 aliphatic heterocycles. The van der Waals surface area contributed by atoms with E-state index in [2.05, 4.69) is 91.0 Å². The summed E-state index contributed by atoms with van der Waals surface area (Å²) in [5.74, 6) is 0. The van der Waals surface area contributed by atoms with Gasteiger partial charge < -0.3 is 5.48 Å². The van der Waals surface area contributed by atoms with Gasteiger partial charge in [-0.2, -0.15) is 0 Å². The quantitative estimate of drug-likeness (QED) is 0.679. The zero-order chi connectivity index (χ0) is 12.9. The van der Waals surface area contributed by atoms with Crippen LogP contribution in [0.5, 0.6) is 0 Å². The van der Waals surface area contributed by atoms with Gasteiger partial charge in [-0.05, 0) is 0 Å². The summed E-state index contributed by atoms with van der Waals surface area (Å²) in [6.45, 7) is 0. The first-order valence-corrected chi connectivity index (χ1v) is 9.63.